The minimum absolute atomic E-state index is 0.00155. The molecule has 1 atom stereocenters. The lowest BCUT2D eigenvalue weighted by Gasteiger charge is -2.24. The van der Waals surface area contributed by atoms with Crippen LogP contribution in [-0.4, -0.2) is 28.6 Å². The van der Waals surface area contributed by atoms with Crippen molar-refractivity contribution in [1.82, 2.24) is 5.16 Å². The Bertz CT molecular complexity index is 1250. The lowest BCUT2D eigenvalue weighted by atomic mass is 9.85. The fourth-order valence-electron chi connectivity index (χ4n) is 4.05. The summed E-state index contributed by atoms with van der Waals surface area (Å²) in [6.07, 6.45) is 0. The number of hydrogen-bond donors (Lipinski definition) is 1. The van der Waals surface area contributed by atoms with Crippen molar-refractivity contribution < 1.29 is 24.0 Å². The number of amides is 1. The average molecular weight is 461 g/mol. The quantitative estimate of drug-likeness (QED) is 0.315. The van der Waals surface area contributed by atoms with Crippen molar-refractivity contribution >= 4 is 23.3 Å². The number of carbonyl (C=O) groups is 2. The molecule has 1 aromatic heterocycles. The molecule has 4 rings (SSSR count). The molecule has 0 bridgehead atoms. The number of Topliss-reactive ketones (excluding diaryl/α,β-unsaturated/α-hetero) is 1. The zero-order valence-electron chi connectivity index (χ0n) is 20.0. The van der Waals surface area contributed by atoms with Crippen LogP contribution < -0.4 is 9.64 Å². The molecule has 1 saturated heterocycles. The number of rotatable bonds is 5. The predicted octanol–water partition coefficient (Wildman–Crippen LogP) is 5.31. The molecular formula is C27H28N2O5. The van der Waals surface area contributed by atoms with Crippen molar-refractivity contribution in [2.75, 3.05) is 11.5 Å². The number of aryl methyl sites for hydroxylation is 1. The number of aliphatic hydroxyl groups is 1. The third kappa shape index (κ3) is 4.21. The topological polar surface area (TPSA) is 92.9 Å². The number of carbonyl (C=O) groups excluding carboxylic acids is 2. The monoisotopic (exact) mass is 460 g/mol. The van der Waals surface area contributed by atoms with Crippen molar-refractivity contribution in [3.63, 3.8) is 0 Å². The summed E-state index contributed by atoms with van der Waals surface area (Å²) in [6.45, 7) is 10.4. The number of hydrogen-bond acceptors (Lipinski definition) is 6. The van der Waals surface area contributed by atoms with Crippen molar-refractivity contribution in [3.05, 3.63) is 82.6 Å². The molecule has 34 heavy (non-hydrogen) atoms. The molecule has 7 nitrogen and oxygen atoms in total. The van der Waals surface area contributed by atoms with Crippen LogP contribution in [0, 0.1) is 6.92 Å². The molecule has 1 aliphatic rings. The van der Waals surface area contributed by atoms with Crippen molar-refractivity contribution in [2.24, 2.45) is 0 Å². The van der Waals surface area contributed by atoms with Gasteiger partial charge in [-0.25, -0.2) is 0 Å². The molecule has 0 saturated carbocycles. The summed E-state index contributed by atoms with van der Waals surface area (Å²) >= 11 is 0. The largest absolute Gasteiger partial charge is 0.507 e. The van der Waals surface area contributed by atoms with Crippen LogP contribution in [0.5, 0.6) is 5.75 Å². The zero-order chi connectivity index (χ0) is 24.6. The van der Waals surface area contributed by atoms with Gasteiger partial charge in [-0.3, -0.25) is 14.5 Å². The van der Waals surface area contributed by atoms with Crippen LogP contribution in [0.15, 0.2) is 64.7 Å². The summed E-state index contributed by atoms with van der Waals surface area (Å²) in [4.78, 5) is 27.6. The minimum atomic E-state index is -0.856. The van der Waals surface area contributed by atoms with Gasteiger partial charge in [-0.15, -0.1) is 0 Å². The fourth-order valence-corrected chi connectivity index (χ4v) is 4.05. The summed E-state index contributed by atoms with van der Waals surface area (Å²) < 4.78 is 10.6. The van der Waals surface area contributed by atoms with Crippen molar-refractivity contribution in [1.29, 1.82) is 0 Å². The number of ketones is 1. The average Bonchev–Trinajstić information content (AvgIpc) is 3.34. The predicted molar refractivity (Wildman–Crippen MR) is 129 cm³/mol. The molecule has 1 fully saturated rings. The van der Waals surface area contributed by atoms with E-state index in [0.29, 0.717) is 29.2 Å². The van der Waals surface area contributed by atoms with E-state index in [1.54, 1.807) is 37.3 Å². The highest BCUT2D eigenvalue weighted by molar-refractivity contribution is 6.51. The van der Waals surface area contributed by atoms with Gasteiger partial charge in [0.2, 0.25) is 0 Å². The normalized spacial score (nSPS) is 17.9. The van der Waals surface area contributed by atoms with E-state index in [2.05, 4.69) is 25.9 Å². The Labute approximate surface area is 198 Å². The maximum absolute atomic E-state index is 13.2. The molecule has 2 aromatic carbocycles. The molecule has 1 unspecified atom stereocenters. The standard InChI is InChI=1S/C27H28N2O5/c1-6-33-20-13-9-18(10-14-20)24(30)22-23(17-7-11-19(12-8-17)27(3,4)5)29(26(32)25(22)31)21-15-16(2)34-28-21/h7-15,23,30H,6H2,1-5H3/b24-22+. The van der Waals surface area contributed by atoms with Gasteiger partial charge >= 0.3 is 5.91 Å². The second kappa shape index (κ2) is 8.82. The van der Waals surface area contributed by atoms with E-state index in [4.69, 9.17) is 9.26 Å². The Balaban J connectivity index is 1.87. The molecule has 2 heterocycles. The number of ether oxygens (including phenoxy) is 1. The van der Waals surface area contributed by atoms with Gasteiger partial charge in [-0.1, -0.05) is 50.2 Å². The first-order valence-corrected chi connectivity index (χ1v) is 11.2. The van der Waals surface area contributed by atoms with E-state index in [1.165, 1.54) is 4.90 Å². The van der Waals surface area contributed by atoms with Crippen LogP contribution in [0.2, 0.25) is 0 Å². The third-order valence-corrected chi connectivity index (χ3v) is 5.84. The van der Waals surface area contributed by atoms with Crippen molar-refractivity contribution in [3.8, 4) is 5.75 Å². The van der Waals surface area contributed by atoms with Gasteiger partial charge in [0.05, 0.1) is 18.2 Å². The highest BCUT2D eigenvalue weighted by Crippen LogP contribution is 2.42. The lowest BCUT2D eigenvalue weighted by molar-refractivity contribution is -0.132. The van der Waals surface area contributed by atoms with Gasteiger partial charge in [0.1, 0.15) is 17.3 Å². The van der Waals surface area contributed by atoms with Gasteiger partial charge in [-0.05, 0) is 54.7 Å². The zero-order valence-corrected chi connectivity index (χ0v) is 20.0. The van der Waals surface area contributed by atoms with Crippen molar-refractivity contribution in [2.45, 2.75) is 46.1 Å². The Morgan fingerprint density at radius 1 is 1.09 bits per heavy atom. The Hall–Kier alpha value is -3.87. The van der Waals surface area contributed by atoms with Crippen LogP contribution in [0.4, 0.5) is 5.82 Å². The van der Waals surface area contributed by atoms with E-state index in [1.807, 2.05) is 31.2 Å². The van der Waals surface area contributed by atoms with Gasteiger partial charge < -0.3 is 14.4 Å². The van der Waals surface area contributed by atoms with Crippen LogP contribution in [-0.2, 0) is 15.0 Å². The Morgan fingerprint density at radius 2 is 1.74 bits per heavy atom. The highest BCUT2D eigenvalue weighted by atomic mass is 16.5. The Morgan fingerprint density at radius 3 is 2.26 bits per heavy atom. The van der Waals surface area contributed by atoms with Crippen LogP contribution >= 0.6 is 0 Å². The number of aliphatic hydroxyl groups excluding tert-OH is 1. The van der Waals surface area contributed by atoms with E-state index in [0.717, 1.165) is 5.56 Å². The summed E-state index contributed by atoms with van der Waals surface area (Å²) in [7, 11) is 0. The van der Waals surface area contributed by atoms with E-state index in [9.17, 15) is 14.7 Å². The first kappa shape index (κ1) is 23.3. The first-order chi connectivity index (χ1) is 16.1. The smallest absolute Gasteiger partial charge is 0.301 e. The molecule has 0 spiro atoms. The number of benzene rings is 2. The summed E-state index contributed by atoms with van der Waals surface area (Å²) in [5, 5.41) is 15.2. The second-order valence-electron chi connectivity index (χ2n) is 9.29. The number of aromatic nitrogens is 1. The highest BCUT2D eigenvalue weighted by Gasteiger charge is 2.48. The van der Waals surface area contributed by atoms with E-state index in [-0.39, 0.29) is 22.6 Å². The van der Waals surface area contributed by atoms with Crippen LogP contribution in [0.3, 0.4) is 0 Å². The first-order valence-electron chi connectivity index (χ1n) is 11.2. The molecule has 1 amide bonds. The van der Waals surface area contributed by atoms with E-state index < -0.39 is 17.7 Å². The molecule has 1 aliphatic heterocycles. The SMILES string of the molecule is CCOc1ccc(/C(O)=C2\C(=O)C(=O)N(c3cc(C)on3)C2c2ccc(C(C)(C)C)cc2)cc1. The van der Waals surface area contributed by atoms with Crippen LogP contribution in [0.25, 0.3) is 5.76 Å². The molecule has 1 N–H and O–H groups in total. The van der Waals surface area contributed by atoms with Crippen LogP contribution in [0.1, 0.15) is 56.2 Å². The maximum Gasteiger partial charge on any atom is 0.301 e. The number of anilines is 1. The van der Waals surface area contributed by atoms with Gasteiger partial charge in [-0.2, -0.15) is 0 Å². The summed E-state index contributed by atoms with van der Waals surface area (Å²) in [6, 6.07) is 15.2. The van der Waals surface area contributed by atoms with Gasteiger partial charge in [0.25, 0.3) is 5.78 Å². The van der Waals surface area contributed by atoms with Gasteiger partial charge in [0, 0.05) is 11.6 Å². The van der Waals surface area contributed by atoms with Gasteiger partial charge in [0.15, 0.2) is 5.82 Å². The summed E-state index contributed by atoms with van der Waals surface area (Å²) in [5.41, 5.74) is 2.14. The third-order valence-electron chi connectivity index (χ3n) is 5.84. The second-order valence-corrected chi connectivity index (χ2v) is 9.29. The molecule has 0 radical (unpaired) electrons. The molecule has 176 valence electrons. The molecule has 0 aliphatic carbocycles. The fraction of sp³-hybridized carbons (Fsp3) is 0.296. The maximum atomic E-state index is 13.2. The summed E-state index contributed by atoms with van der Waals surface area (Å²) in [5.74, 6) is -0.441. The molecular weight excluding hydrogens is 432 g/mol. The Kier molecular flexibility index (Phi) is 6.04. The van der Waals surface area contributed by atoms with E-state index >= 15 is 0 Å². The lowest BCUT2D eigenvalue weighted by Crippen LogP contribution is -2.29. The minimum Gasteiger partial charge on any atom is -0.507 e. The molecule has 7 heteroatoms. The number of nitrogens with zero attached hydrogens (tertiary/aromatic N) is 2. The molecule has 3 aromatic rings.